The molecule has 1 heterocycles. The summed E-state index contributed by atoms with van der Waals surface area (Å²) < 4.78 is 0. The maximum atomic E-state index is 12.2. The van der Waals surface area contributed by atoms with E-state index >= 15 is 0 Å². The molecule has 6 heteroatoms. The molecular weight excluding hydrogens is 276 g/mol. The number of carbonyl (C=O) groups is 2. The molecule has 2 rings (SSSR count). The molecule has 0 radical (unpaired) electrons. The van der Waals surface area contributed by atoms with Crippen molar-refractivity contribution in [3.05, 3.63) is 36.0 Å². The molecular formula is C14H16N2O3S. The van der Waals surface area contributed by atoms with Gasteiger partial charge in [0.05, 0.1) is 5.56 Å². The van der Waals surface area contributed by atoms with E-state index in [1.165, 1.54) is 0 Å². The number of thioether (sulfide) groups is 1. The fourth-order valence-corrected chi connectivity index (χ4v) is 2.46. The van der Waals surface area contributed by atoms with Crippen molar-refractivity contribution in [2.24, 2.45) is 0 Å². The molecule has 0 unspecified atom stereocenters. The number of hydrogen-bond acceptors (Lipinski definition) is 3. The summed E-state index contributed by atoms with van der Waals surface area (Å²) in [5.41, 5.74) is 1.32. The number of aromatic amines is 1. The summed E-state index contributed by atoms with van der Waals surface area (Å²) in [5, 5.41) is 12.5. The predicted molar refractivity (Wildman–Crippen MR) is 80.2 cm³/mol. The Hall–Kier alpha value is -1.95. The van der Waals surface area contributed by atoms with E-state index in [0.29, 0.717) is 17.7 Å². The lowest BCUT2D eigenvalue weighted by atomic mass is 10.1. The second-order valence-electron chi connectivity index (χ2n) is 4.39. The molecule has 1 aromatic carbocycles. The molecule has 3 N–H and O–H groups in total. The van der Waals surface area contributed by atoms with Crippen molar-refractivity contribution >= 4 is 34.5 Å². The number of fused-ring (bicyclic) bond motifs is 1. The largest absolute Gasteiger partial charge is 0.480 e. The predicted octanol–water partition coefficient (Wildman–Crippen LogP) is 2.10. The lowest BCUT2D eigenvalue weighted by molar-refractivity contribution is -0.139. The molecule has 0 bridgehead atoms. The minimum atomic E-state index is -1.01. The van der Waals surface area contributed by atoms with Crippen LogP contribution in [-0.2, 0) is 4.79 Å². The lowest BCUT2D eigenvalue weighted by Crippen LogP contribution is -2.41. The quantitative estimate of drug-likeness (QED) is 0.761. The second-order valence-corrected chi connectivity index (χ2v) is 5.38. The van der Waals surface area contributed by atoms with E-state index in [2.05, 4.69) is 10.3 Å². The van der Waals surface area contributed by atoms with Crippen molar-refractivity contribution in [3.8, 4) is 0 Å². The van der Waals surface area contributed by atoms with Crippen LogP contribution in [0.15, 0.2) is 30.5 Å². The fraction of sp³-hybridized carbons (Fsp3) is 0.286. The van der Waals surface area contributed by atoms with E-state index < -0.39 is 12.0 Å². The maximum absolute atomic E-state index is 12.2. The molecule has 0 saturated carbocycles. The number of para-hydroxylation sites is 1. The average Bonchev–Trinajstić information content (AvgIpc) is 2.87. The first-order valence-electron chi connectivity index (χ1n) is 6.22. The molecule has 0 aliphatic rings. The number of aromatic nitrogens is 1. The van der Waals surface area contributed by atoms with Crippen molar-refractivity contribution in [2.75, 3.05) is 12.0 Å². The SMILES string of the molecule is CSCC[C@H](NC(=O)c1c[nH]c2ccccc12)C(=O)O. The molecule has 0 fully saturated rings. The Morgan fingerprint density at radius 2 is 2.15 bits per heavy atom. The number of carboxylic acids is 1. The van der Waals surface area contributed by atoms with Crippen LogP contribution in [0.25, 0.3) is 10.9 Å². The Bertz CT molecular complexity index is 624. The van der Waals surface area contributed by atoms with Gasteiger partial charge in [-0.05, 0) is 24.5 Å². The maximum Gasteiger partial charge on any atom is 0.326 e. The molecule has 0 aliphatic heterocycles. The number of amides is 1. The van der Waals surface area contributed by atoms with Gasteiger partial charge in [0.1, 0.15) is 6.04 Å². The normalized spacial score (nSPS) is 12.2. The molecule has 0 aliphatic carbocycles. The van der Waals surface area contributed by atoms with Crippen molar-refractivity contribution in [3.63, 3.8) is 0 Å². The highest BCUT2D eigenvalue weighted by Gasteiger charge is 2.21. The molecule has 5 nitrogen and oxygen atoms in total. The summed E-state index contributed by atoms with van der Waals surface area (Å²) in [6.45, 7) is 0. The van der Waals surface area contributed by atoms with Gasteiger partial charge in [-0.2, -0.15) is 11.8 Å². The van der Waals surface area contributed by atoms with E-state index in [-0.39, 0.29) is 5.91 Å². The van der Waals surface area contributed by atoms with Gasteiger partial charge in [-0.1, -0.05) is 18.2 Å². The highest BCUT2D eigenvalue weighted by molar-refractivity contribution is 7.98. The summed E-state index contributed by atoms with van der Waals surface area (Å²) in [6, 6.07) is 6.56. The monoisotopic (exact) mass is 292 g/mol. The molecule has 0 spiro atoms. The number of benzene rings is 1. The first-order chi connectivity index (χ1) is 9.63. The smallest absolute Gasteiger partial charge is 0.326 e. The first kappa shape index (κ1) is 14.5. The molecule has 1 aromatic heterocycles. The molecule has 20 heavy (non-hydrogen) atoms. The fourth-order valence-electron chi connectivity index (χ4n) is 1.99. The van der Waals surface area contributed by atoms with E-state index in [9.17, 15) is 9.59 Å². The highest BCUT2D eigenvalue weighted by Crippen LogP contribution is 2.17. The van der Waals surface area contributed by atoms with Crippen LogP contribution >= 0.6 is 11.8 Å². The number of nitrogens with one attached hydrogen (secondary N) is 2. The van der Waals surface area contributed by atoms with Crippen molar-refractivity contribution in [2.45, 2.75) is 12.5 Å². The van der Waals surface area contributed by atoms with Gasteiger partial charge in [-0.25, -0.2) is 4.79 Å². The zero-order chi connectivity index (χ0) is 14.5. The Labute approximate surface area is 120 Å². The number of hydrogen-bond donors (Lipinski definition) is 3. The van der Waals surface area contributed by atoms with E-state index in [1.807, 2.05) is 30.5 Å². The molecule has 1 amide bonds. The van der Waals surface area contributed by atoms with Gasteiger partial charge < -0.3 is 15.4 Å². The Morgan fingerprint density at radius 1 is 1.40 bits per heavy atom. The average molecular weight is 292 g/mol. The Morgan fingerprint density at radius 3 is 2.85 bits per heavy atom. The van der Waals surface area contributed by atoms with Crippen LogP contribution in [0.4, 0.5) is 0 Å². The van der Waals surface area contributed by atoms with Crippen LogP contribution in [0, 0.1) is 0 Å². The van der Waals surface area contributed by atoms with Crippen LogP contribution in [0.3, 0.4) is 0 Å². The summed E-state index contributed by atoms with van der Waals surface area (Å²) in [5.74, 6) is -0.686. The van der Waals surface area contributed by atoms with Crippen molar-refractivity contribution in [1.29, 1.82) is 0 Å². The third-order valence-electron chi connectivity index (χ3n) is 3.05. The standard InChI is InChI=1S/C14H16N2O3S/c1-20-7-6-12(14(18)19)16-13(17)10-8-15-11-5-3-2-4-9(10)11/h2-5,8,12,15H,6-7H2,1H3,(H,16,17)(H,18,19)/t12-/m0/s1. The Kier molecular flexibility index (Phi) is 4.68. The zero-order valence-electron chi connectivity index (χ0n) is 11.1. The van der Waals surface area contributed by atoms with Crippen molar-refractivity contribution in [1.82, 2.24) is 10.3 Å². The van der Waals surface area contributed by atoms with Gasteiger partial charge in [0.25, 0.3) is 5.91 Å². The van der Waals surface area contributed by atoms with E-state index in [4.69, 9.17) is 5.11 Å². The van der Waals surface area contributed by atoms with Crippen LogP contribution in [0.1, 0.15) is 16.8 Å². The molecule has 106 valence electrons. The van der Waals surface area contributed by atoms with Crippen LogP contribution in [-0.4, -0.2) is 40.0 Å². The van der Waals surface area contributed by atoms with Gasteiger partial charge in [0.2, 0.25) is 0 Å². The minimum Gasteiger partial charge on any atom is -0.480 e. The molecule has 1 atom stereocenters. The number of carboxylic acid groups (broad SMARTS) is 1. The van der Waals surface area contributed by atoms with Crippen LogP contribution in [0.2, 0.25) is 0 Å². The first-order valence-corrected chi connectivity index (χ1v) is 7.61. The molecule has 0 saturated heterocycles. The number of aliphatic carboxylic acids is 1. The summed E-state index contributed by atoms with van der Waals surface area (Å²) in [4.78, 5) is 26.3. The van der Waals surface area contributed by atoms with Gasteiger partial charge in [0, 0.05) is 17.1 Å². The van der Waals surface area contributed by atoms with Gasteiger partial charge in [-0.3, -0.25) is 4.79 Å². The summed E-state index contributed by atoms with van der Waals surface area (Å²) in [7, 11) is 0. The number of H-pyrrole nitrogens is 1. The third kappa shape index (κ3) is 3.14. The number of carbonyl (C=O) groups excluding carboxylic acids is 1. The van der Waals surface area contributed by atoms with Gasteiger partial charge in [0.15, 0.2) is 0 Å². The zero-order valence-corrected chi connectivity index (χ0v) is 11.9. The topological polar surface area (TPSA) is 82.2 Å². The second kappa shape index (κ2) is 6.47. The van der Waals surface area contributed by atoms with E-state index in [1.54, 1.807) is 18.0 Å². The van der Waals surface area contributed by atoms with Crippen LogP contribution in [0.5, 0.6) is 0 Å². The van der Waals surface area contributed by atoms with Crippen molar-refractivity contribution < 1.29 is 14.7 Å². The van der Waals surface area contributed by atoms with Crippen LogP contribution < -0.4 is 5.32 Å². The Balaban J connectivity index is 2.16. The van der Waals surface area contributed by atoms with E-state index in [0.717, 1.165) is 10.9 Å². The van der Waals surface area contributed by atoms with Gasteiger partial charge in [-0.15, -0.1) is 0 Å². The highest BCUT2D eigenvalue weighted by atomic mass is 32.2. The summed E-state index contributed by atoms with van der Waals surface area (Å²) >= 11 is 1.55. The number of rotatable bonds is 6. The third-order valence-corrected chi connectivity index (χ3v) is 3.69. The summed E-state index contributed by atoms with van der Waals surface area (Å²) in [6.07, 6.45) is 3.92. The lowest BCUT2D eigenvalue weighted by Gasteiger charge is -2.13. The minimum absolute atomic E-state index is 0.365. The van der Waals surface area contributed by atoms with Gasteiger partial charge >= 0.3 is 5.97 Å². The molecule has 2 aromatic rings.